The Bertz CT molecular complexity index is 437. The second-order valence-corrected chi connectivity index (χ2v) is 3.52. The number of nitrogen functional groups attached to an aromatic ring is 1. The molecule has 2 aromatic rings. The number of para-hydroxylation sites is 1. The third-order valence-electron chi connectivity index (χ3n) is 2.49. The van der Waals surface area contributed by atoms with Crippen LogP contribution in [0.4, 0.5) is 5.69 Å². The molecule has 0 aliphatic heterocycles. The highest BCUT2D eigenvalue weighted by molar-refractivity contribution is 5.50. The van der Waals surface area contributed by atoms with E-state index in [0.717, 1.165) is 16.8 Å². The monoisotopic (exact) mass is 198 g/mol. The molecule has 0 bridgehead atoms. The predicted octanol–water partition coefficient (Wildman–Crippen LogP) is 2.32. The van der Waals surface area contributed by atoms with E-state index >= 15 is 0 Å². The van der Waals surface area contributed by atoms with E-state index in [4.69, 9.17) is 11.5 Å². The fourth-order valence-electron chi connectivity index (χ4n) is 1.63. The Morgan fingerprint density at radius 1 is 0.800 bits per heavy atom. The third-order valence-corrected chi connectivity index (χ3v) is 2.49. The lowest BCUT2D eigenvalue weighted by Crippen LogP contribution is -2.13. The molecular formula is C13H14N2. The van der Waals surface area contributed by atoms with E-state index in [-0.39, 0.29) is 6.04 Å². The summed E-state index contributed by atoms with van der Waals surface area (Å²) in [6.45, 7) is 0. The van der Waals surface area contributed by atoms with Crippen molar-refractivity contribution in [3.8, 4) is 0 Å². The molecule has 0 spiro atoms. The van der Waals surface area contributed by atoms with Crippen molar-refractivity contribution in [2.75, 3.05) is 5.73 Å². The topological polar surface area (TPSA) is 52.0 Å². The largest absolute Gasteiger partial charge is 0.398 e. The van der Waals surface area contributed by atoms with Gasteiger partial charge in [-0.05, 0) is 17.2 Å². The first-order valence-electron chi connectivity index (χ1n) is 4.94. The molecule has 4 N–H and O–H groups in total. The molecule has 2 rings (SSSR count). The summed E-state index contributed by atoms with van der Waals surface area (Å²) in [6, 6.07) is 17.5. The fraction of sp³-hybridized carbons (Fsp3) is 0.0769. The zero-order chi connectivity index (χ0) is 10.7. The van der Waals surface area contributed by atoms with E-state index in [1.165, 1.54) is 0 Å². The van der Waals surface area contributed by atoms with E-state index in [0.29, 0.717) is 0 Å². The minimum Gasteiger partial charge on any atom is -0.398 e. The molecule has 0 heterocycles. The standard InChI is InChI=1S/C13H14N2/c14-12-9-5-4-8-11(12)13(15)10-6-2-1-3-7-10/h1-9,13H,14-15H2/t13-/m1/s1. The molecule has 0 fully saturated rings. The van der Waals surface area contributed by atoms with Gasteiger partial charge in [-0.15, -0.1) is 0 Å². The van der Waals surface area contributed by atoms with Crippen LogP contribution in [0.5, 0.6) is 0 Å². The van der Waals surface area contributed by atoms with Gasteiger partial charge in [-0.3, -0.25) is 0 Å². The van der Waals surface area contributed by atoms with E-state index in [1.54, 1.807) is 0 Å². The van der Waals surface area contributed by atoms with Crippen LogP contribution < -0.4 is 11.5 Å². The highest BCUT2D eigenvalue weighted by Gasteiger charge is 2.10. The first-order chi connectivity index (χ1) is 7.29. The van der Waals surface area contributed by atoms with Gasteiger partial charge >= 0.3 is 0 Å². The summed E-state index contributed by atoms with van der Waals surface area (Å²) in [4.78, 5) is 0. The Morgan fingerprint density at radius 2 is 1.40 bits per heavy atom. The van der Waals surface area contributed by atoms with Gasteiger partial charge in [-0.2, -0.15) is 0 Å². The third kappa shape index (κ3) is 2.00. The van der Waals surface area contributed by atoms with Crippen LogP contribution in [0.2, 0.25) is 0 Å². The summed E-state index contributed by atoms with van der Waals surface area (Å²) in [5, 5.41) is 0. The number of hydrogen-bond donors (Lipinski definition) is 2. The van der Waals surface area contributed by atoms with Crippen molar-refractivity contribution in [2.45, 2.75) is 6.04 Å². The van der Waals surface area contributed by atoms with E-state index in [1.807, 2.05) is 54.6 Å². The normalized spacial score (nSPS) is 12.3. The lowest BCUT2D eigenvalue weighted by molar-refractivity contribution is 0.875. The summed E-state index contributed by atoms with van der Waals surface area (Å²) in [7, 11) is 0. The Labute approximate surface area is 89.5 Å². The molecule has 2 aromatic carbocycles. The van der Waals surface area contributed by atoms with Crippen LogP contribution in [0.3, 0.4) is 0 Å². The van der Waals surface area contributed by atoms with E-state index in [9.17, 15) is 0 Å². The molecule has 0 saturated carbocycles. The lowest BCUT2D eigenvalue weighted by Gasteiger charge is -2.14. The zero-order valence-electron chi connectivity index (χ0n) is 8.43. The smallest absolute Gasteiger partial charge is 0.0572 e. The first kappa shape index (κ1) is 9.74. The first-order valence-corrected chi connectivity index (χ1v) is 4.94. The average Bonchev–Trinajstić information content (AvgIpc) is 2.30. The van der Waals surface area contributed by atoms with Gasteiger partial charge in [0.25, 0.3) is 0 Å². The van der Waals surface area contributed by atoms with Gasteiger partial charge in [-0.25, -0.2) is 0 Å². The minimum absolute atomic E-state index is 0.146. The molecular weight excluding hydrogens is 184 g/mol. The number of anilines is 1. The Kier molecular flexibility index (Phi) is 2.70. The SMILES string of the molecule is Nc1ccccc1[C@H](N)c1ccccc1. The quantitative estimate of drug-likeness (QED) is 0.727. The van der Waals surface area contributed by atoms with Crippen molar-refractivity contribution in [3.05, 3.63) is 65.7 Å². The second-order valence-electron chi connectivity index (χ2n) is 3.52. The van der Waals surface area contributed by atoms with Crippen LogP contribution in [-0.4, -0.2) is 0 Å². The van der Waals surface area contributed by atoms with Gasteiger partial charge < -0.3 is 11.5 Å². The van der Waals surface area contributed by atoms with Crippen LogP contribution in [0.15, 0.2) is 54.6 Å². The maximum Gasteiger partial charge on any atom is 0.0572 e. The van der Waals surface area contributed by atoms with Crippen molar-refractivity contribution in [1.29, 1.82) is 0 Å². The highest BCUT2D eigenvalue weighted by Crippen LogP contribution is 2.23. The molecule has 2 nitrogen and oxygen atoms in total. The maximum absolute atomic E-state index is 6.14. The molecule has 0 saturated heterocycles. The van der Waals surface area contributed by atoms with Crippen molar-refractivity contribution < 1.29 is 0 Å². The molecule has 0 aliphatic rings. The van der Waals surface area contributed by atoms with Crippen LogP contribution >= 0.6 is 0 Å². The van der Waals surface area contributed by atoms with Gasteiger partial charge in [0.15, 0.2) is 0 Å². The number of rotatable bonds is 2. The summed E-state index contributed by atoms with van der Waals surface area (Å²) in [6.07, 6.45) is 0. The molecule has 0 radical (unpaired) electrons. The van der Waals surface area contributed by atoms with Crippen molar-refractivity contribution in [2.24, 2.45) is 5.73 Å². The summed E-state index contributed by atoms with van der Waals surface area (Å²) in [5.74, 6) is 0. The fourth-order valence-corrected chi connectivity index (χ4v) is 1.63. The van der Waals surface area contributed by atoms with E-state index in [2.05, 4.69) is 0 Å². The van der Waals surface area contributed by atoms with Crippen molar-refractivity contribution >= 4 is 5.69 Å². The number of benzene rings is 2. The Balaban J connectivity index is 2.37. The summed E-state index contributed by atoms with van der Waals surface area (Å²) < 4.78 is 0. The second kappa shape index (κ2) is 4.15. The molecule has 1 atom stereocenters. The van der Waals surface area contributed by atoms with Crippen LogP contribution in [0.1, 0.15) is 17.2 Å². The zero-order valence-corrected chi connectivity index (χ0v) is 8.43. The lowest BCUT2D eigenvalue weighted by atomic mass is 9.98. The highest BCUT2D eigenvalue weighted by atomic mass is 14.7. The number of nitrogens with two attached hydrogens (primary N) is 2. The van der Waals surface area contributed by atoms with Crippen LogP contribution in [0.25, 0.3) is 0 Å². The predicted molar refractivity (Wildman–Crippen MR) is 63.3 cm³/mol. The van der Waals surface area contributed by atoms with Crippen LogP contribution in [0, 0.1) is 0 Å². The van der Waals surface area contributed by atoms with Gasteiger partial charge in [0, 0.05) is 5.69 Å². The van der Waals surface area contributed by atoms with Gasteiger partial charge in [-0.1, -0.05) is 48.5 Å². The Morgan fingerprint density at radius 3 is 2.07 bits per heavy atom. The van der Waals surface area contributed by atoms with Crippen molar-refractivity contribution in [1.82, 2.24) is 0 Å². The van der Waals surface area contributed by atoms with Gasteiger partial charge in [0.05, 0.1) is 6.04 Å². The summed E-state index contributed by atoms with van der Waals surface area (Å²) in [5.41, 5.74) is 14.8. The summed E-state index contributed by atoms with van der Waals surface area (Å²) >= 11 is 0. The molecule has 2 heteroatoms. The molecule has 0 amide bonds. The van der Waals surface area contributed by atoms with E-state index < -0.39 is 0 Å². The minimum atomic E-state index is -0.146. The van der Waals surface area contributed by atoms with Crippen molar-refractivity contribution in [3.63, 3.8) is 0 Å². The molecule has 0 unspecified atom stereocenters. The Hall–Kier alpha value is -1.80. The maximum atomic E-state index is 6.14. The average molecular weight is 198 g/mol. The molecule has 76 valence electrons. The van der Waals surface area contributed by atoms with Crippen LogP contribution in [-0.2, 0) is 0 Å². The molecule has 0 aliphatic carbocycles. The number of hydrogen-bond acceptors (Lipinski definition) is 2. The molecule has 15 heavy (non-hydrogen) atoms. The molecule has 0 aromatic heterocycles. The van der Waals surface area contributed by atoms with Gasteiger partial charge in [0.1, 0.15) is 0 Å². The van der Waals surface area contributed by atoms with Gasteiger partial charge in [0.2, 0.25) is 0 Å².